The summed E-state index contributed by atoms with van der Waals surface area (Å²) in [5, 5.41) is 6.26. The van der Waals surface area contributed by atoms with E-state index in [1.54, 1.807) is 6.07 Å². The molecule has 0 unspecified atom stereocenters. The molecule has 1 heterocycles. The molecule has 0 saturated carbocycles. The molecule has 5 nitrogen and oxygen atoms in total. The summed E-state index contributed by atoms with van der Waals surface area (Å²) in [4.78, 5) is 27.2. The predicted molar refractivity (Wildman–Crippen MR) is 108 cm³/mol. The van der Waals surface area contributed by atoms with Gasteiger partial charge in [-0.25, -0.2) is 0 Å². The van der Waals surface area contributed by atoms with Crippen molar-refractivity contribution in [3.05, 3.63) is 64.2 Å². The molecule has 2 aromatic rings. The van der Waals surface area contributed by atoms with Gasteiger partial charge in [-0.05, 0) is 80.8 Å². The molecular weight excluding hydrogens is 338 g/mol. The third-order valence-corrected chi connectivity index (χ3v) is 5.12. The van der Waals surface area contributed by atoms with Crippen molar-refractivity contribution < 1.29 is 9.59 Å². The van der Waals surface area contributed by atoms with Crippen LogP contribution in [0.5, 0.6) is 0 Å². The van der Waals surface area contributed by atoms with Gasteiger partial charge in [-0.15, -0.1) is 0 Å². The van der Waals surface area contributed by atoms with Crippen LogP contribution in [0.3, 0.4) is 0 Å². The van der Waals surface area contributed by atoms with E-state index in [0.29, 0.717) is 11.1 Å². The van der Waals surface area contributed by atoms with Crippen LogP contribution in [0.2, 0.25) is 0 Å². The van der Waals surface area contributed by atoms with Crippen molar-refractivity contribution in [3.8, 4) is 0 Å². The number of benzene rings is 2. The monoisotopic (exact) mass is 365 g/mol. The lowest BCUT2D eigenvalue weighted by Crippen LogP contribution is -2.34. The van der Waals surface area contributed by atoms with Gasteiger partial charge in [0.2, 0.25) is 0 Å². The third-order valence-electron chi connectivity index (χ3n) is 5.12. The van der Waals surface area contributed by atoms with Gasteiger partial charge in [0.05, 0.1) is 0 Å². The van der Waals surface area contributed by atoms with Crippen LogP contribution < -0.4 is 10.6 Å². The van der Waals surface area contributed by atoms with E-state index in [-0.39, 0.29) is 11.8 Å². The van der Waals surface area contributed by atoms with Crippen LogP contribution in [0.4, 0.5) is 5.69 Å². The highest BCUT2D eigenvalue weighted by molar-refractivity contribution is 6.05. The zero-order chi connectivity index (χ0) is 19.4. The molecule has 0 spiro atoms. The SMILES string of the molecule is Cc1ccc(C(=O)Nc2ccc(C(=O)N3CCCNCC3)cc2C)cc1C. The zero-order valence-corrected chi connectivity index (χ0v) is 16.3. The van der Waals surface area contributed by atoms with Crippen molar-refractivity contribution in [1.82, 2.24) is 10.2 Å². The fourth-order valence-corrected chi connectivity index (χ4v) is 3.25. The highest BCUT2D eigenvalue weighted by Crippen LogP contribution is 2.20. The second-order valence-corrected chi connectivity index (χ2v) is 7.18. The number of amides is 2. The summed E-state index contributed by atoms with van der Waals surface area (Å²) in [6.07, 6.45) is 0.967. The molecule has 2 amide bonds. The maximum atomic E-state index is 12.7. The van der Waals surface area contributed by atoms with Gasteiger partial charge in [0.1, 0.15) is 0 Å². The van der Waals surface area contributed by atoms with E-state index in [9.17, 15) is 9.59 Å². The molecule has 1 saturated heterocycles. The molecular formula is C22H27N3O2. The number of aryl methyl sites for hydroxylation is 3. The quantitative estimate of drug-likeness (QED) is 0.877. The fourth-order valence-electron chi connectivity index (χ4n) is 3.25. The Morgan fingerprint density at radius 2 is 1.63 bits per heavy atom. The lowest BCUT2D eigenvalue weighted by Gasteiger charge is -2.20. The Kier molecular flexibility index (Phi) is 5.91. The lowest BCUT2D eigenvalue weighted by atomic mass is 10.0. The minimum atomic E-state index is -0.140. The first kappa shape index (κ1) is 19.1. The molecule has 1 aliphatic heterocycles. The van der Waals surface area contributed by atoms with E-state index in [1.165, 1.54) is 0 Å². The first-order valence-corrected chi connectivity index (χ1v) is 9.45. The molecule has 0 atom stereocenters. The van der Waals surface area contributed by atoms with Crippen LogP contribution in [0, 0.1) is 20.8 Å². The Hall–Kier alpha value is -2.66. The second-order valence-electron chi connectivity index (χ2n) is 7.18. The molecule has 5 heteroatoms. The number of nitrogens with zero attached hydrogens (tertiary/aromatic N) is 1. The Balaban J connectivity index is 1.73. The fraction of sp³-hybridized carbons (Fsp3) is 0.364. The van der Waals surface area contributed by atoms with Crippen molar-refractivity contribution in [2.24, 2.45) is 0 Å². The maximum absolute atomic E-state index is 12.7. The summed E-state index contributed by atoms with van der Waals surface area (Å²) in [6, 6.07) is 11.1. The molecule has 0 bridgehead atoms. The highest BCUT2D eigenvalue weighted by atomic mass is 16.2. The van der Waals surface area contributed by atoms with E-state index in [4.69, 9.17) is 0 Å². The summed E-state index contributed by atoms with van der Waals surface area (Å²) in [5.74, 6) is -0.0901. The summed E-state index contributed by atoms with van der Waals surface area (Å²) in [6.45, 7) is 9.21. The van der Waals surface area contributed by atoms with Crippen LogP contribution in [0.25, 0.3) is 0 Å². The average molecular weight is 365 g/mol. The molecule has 27 heavy (non-hydrogen) atoms. The number of anilines is 1. The molecule has 0 aromatic heterocycles. The largest absolute Gasteiger partial charge is 0.337 e. The van der Waals surface area contributed by atoms with Gasteiger partial charge in [0.15, 0.2) is 0 Å². The molecule has 1 fully saturated rings. The van der Waals surface area contributed by atoms with Gasteiger partial charge in [0.25, 0.3) is 11.8 Å². The van der Waals surface area contributed by atoms with Crippen molar-refractivity contribution in [3.63, 3.8) is 0 Å². The smallest absolute Gasteiger partial charge is 0.255 e. The molecule has 2 N–H and O–H groups in total. The topological polar surface area (TPSA) is 61.4 Å². The first-order valence-electron chi connectivity index (χ1n) is 9.45. The average Bonchev–Trinajstić information content (AvgIpc) is 2.94. The number of rotatable bonds is 3. The van der Waals surface area contributed by atoms with E-state index in [1.807, 2.05) is 56.0 Å². The minimum absolute atomic E-state index is 0.0498. The van der Waals surface area contributed by atoms with Crippen molar-refractivity contribution in [2.75, 3.05) is 31.5 Å². The predicted octanol–water partition coefficient (Wildman–Crippen LogP) is 3.30. The van der Waals surface area contributed by atoms with Crippen molar-refractivity contribution >= 4 is 17.5 Å². The maximum Gasteiger partial charge on any atom is 0.255 e. The van der Waals surface area contributed by atoms with Crippen LogP contribution >= 0.6 is 0 Å². The van der Waals surface area contributed by atoms with E-state index < -0.39 is 0 Å². The molecule has 2 aromatic carbocycles. The first-order chi connectivity index (χ1) is 13.0. The Morgan fingerprint density at radius 1 is 0.889 bits per heavy atom. The summed E-state index contributed by atoms with van der Waals surface area (Å²) in [5.41, 5.74) is 5.16. The molecule has 0 radical (unpaired) electrons. The molecule has 1 aliphatic rings. The number of carbonyl (C=O) groups is 2. The molecule has 0 aliphatic carbocycles. The van der Waals surface area contributed by atoms with Crippen LogP contribution in [0.1, 0.15) is 43.8 Å². The number of carbonyl (C=O) groups excluding carboxylic acids is 2. The summed E-state index contributed by atoms with van der Waals surface area (Å²) in [7, 11) is 0. The van der Waals surface area contributed by atoms with E-state index in [0.717, 1.165) is 55.0 Å². The van der Waals surface area contributed by atoms with Gasteiger partial charge in [-0.2, -0.15) is 0 Å². The van der Waals surface area contributed by atoms with Crippen LogP contribution in [-0.4, -0.2) is 42.9 Å². The number of hydrogen-bond acceptors (Lipinski definition) is 3. The zero-order valence-electron chi connectivity index (χ0n) is 16.3. The van der Waals surface area contributed by atoms with Gasteiger partial charge < -0.3 is 15.5 Å². The van der Waals surface area contributed by atoms with Gasteiger partial charge >= 0.3 is 0 Å². The van der Waals surface area contributed by atoms with E-state index >= 15 is 0 Å². The molecule has 142 valence electrons. The Bertz CT molecular complexity index is 853. The Labute approximate surface area is 160 Å². The third kappa shape index (κ3) is 4.55. The highest BCUT2D eigenvalue weighted by Gasteiger charge is 2.18. The van der Waals surface area contributed by atoms with Gasteiger partial charge in [-0.1, -0.05) is 6.07 Å². The van der Waals surface area contributed by atoms with Crippen molar-refractivity contribution in [1.29, 1.82) is 0 Å². The lowest BCUT2D eigenvalue weighted by molar-refractivity contribution is 0.0766. The number of hydrogen-bond donors (Lipinski definition) is 2. The van der Waals surface area contributed by atoms with Crippen LogP contribution in [-0.2, 0) is 0 Å². The minimum Gasteiger partial charge on any atom is -0.337 e. The molecule has 3 rings (SSSR count). The summed E-state index contributed by atoms with van der Waals surface area (Å²) >= 11 is 0. The summed E-state index contributed by atoms with van der Waals surface area (Å²) < 4.78 is 0. The van der Waals surface area contributed by atoms with E-state index in [2.05, 4.69) is 10.6 Å². The number of nitrogens with one attached hydrogen (secondary N) is 2. The van der Waals surface area contributed by atoms with Crippen LogP contribution in [0.15, 0.2) is 36.4 Å². The second kappa shape index (κ2) is 8.35. The van der Waals surface area contributed by atoms with Gasteiger partial charge in [0, 0.05) is 36.4 Å². The van der Waals surface area contributed by atoms with Crippen molar-refractivity contribution in [2.45, 2.75) is 27.2 Å². The Morgan fingerprint density at radius 3 is 2.37 bits per heavy atom. The normalized spacial score (nSPS) is 14.6. The standard InChI is InChI=1S/C22H27N3O2/c1-15-5-6-18(13-16(15)2)21(26)24-20-8-7-19(14-17(20)3)22(27)25-11-4-9-23-10-12-25/h5-8,13-14,23H,4,9-12H2,1-3H3,(H,24,26). The van der Waals surface area contributed by atoms with Gasteiger partial charge in [-0.3, -0.25) is 9.59 Å².